The molecule has 1 heterocycles. The smallest absolute Gasteiger partial charge is 0.0480 e. The minimum Gasteiger partial charge on any atom is -0.399 e. The zero-order valence-electron chi connectivity index (χ0n) is 7.00. The molecule has 64 valence electrons. The number of rotatable bonds is 0. The van der Waals surface area contributed by atoms with Crippen molar-refractivity contribution in [1.82, 2.24) is 0 Å². The first-order valence-electron chi connectivity index (χ1n) is 4.06. The largest absolute Gasteiger partial charge is 0.399 e. The molecule has 0 radical (unpaired) electrons. The molecule has 1 unspecified atom stereocenters. The third-order valence-electron chi connectivity index (χ3n) is 1.91. The van der Waals surface area contributed by atoms with Gasteiger partial charge < -0.3 is 11.1 Å². The number of benzene rings is 1. The Labute approximate surface area is 76.5 Å². The van der Waals surface area contributed by atoms with Gasteiger partial charge in [-0.15, -0.1) is 11.8 Å². The average molecular weight is 180 g/mol. The molecule has 0 amide bonds. The summed E-state index contributed by atoms with van der Waals surface area (Å²) in [4.78, 5) is 1.27. The number of nitrogen functional groups attached to an aromatic ring is 1. The van der Waals surface area contributed by atoms with E-state index in [1.54, 1.807) is 0 Å². The molecule has 0 saturated heterocycles. The Balaban J connectivity index is 2.37. The average Bonchev–Trinajstić information content (AvgIpc) is 2.03. The molecule has 12 heavy (non-hydrogen) atoms. The van der Waals surface area contributed by atoms with Crippen molar-refractivity contribution in [2.24, 2.45) is 0 Å². The molecule has 0 saturated carbocycles. The van der Waals surface area contributed by atoms with Gasteiger partial charge in [-0.05, 0) is 18.2 Å². The molecular weight excluding hydrogens is 168 g/mol. The van der Waals surface area contributed by atoms with E-state index in [9.17, 15) is 0 Å². The summed E-state index contributed by atoms with van der Waals surface area (Å²) in [5.41, 5.74) is 7.75. The Bertz CT molecular complexity index is 299. The van der Waals surface area contributed by atoms with Gasteiger partial charge in [-0.25, -0.2) is 0 Å². The molecule has 1 aromatic carbocycles. The van der Waals surface area contributed by atoms with Gasteiger partial charge in [0.2, 0.25) is 0 Å². The van der Waals surface area contributed by atoms with Crippen LogP contribution in [-0.2, 0) is 0 Å². The maximum absolute atomic E-state index is 5.69. The lowest BCUT2D eigenvalue weighted by atomic mass is 10.2. The van der Waals surface area contributed by atoms with Crippen molar-refractivity contribution in [3.05, 3.63) is 18.2 Å². The Kier molecular flexibility index (Phi) is 1.89. The zero-order valence-corrected chi connectivity index (χ0v) is 7.82. The lowest BCUT2D eigenvalue weighted by Crippen LogP contribution is -2.18. The number of hydrogen-bond acceptors (Lipinski definition) is 3. The molecule has 0 fully saturated rings. The third-order valence-corrected chi connectivity index (χ3v) is 3.07. The molecule has 0 aromatic heterocycles. The molecule has 1 aliphatic rings. The standard InChI is InChI=1S/C9H12N2S/c1-6-5-11-8-3-2-7(10)4-9(8)12-6/h2-4,6,11H,5,10H2,1H3. The predicted octanol–water partition coefficient (Wildman–Crippen LogP) is 2.17. The molecule has 0 spiro atoms. The monoisotopic (exact) mass is 180 g/mol. The van der Waals surface area contributed by atoms with Crippen LogP contribution in [0.1, 0.15) is 6.92 Å². The predicted molar refractivity (Wildman–Crippen MR) is 54.7 cm³/mol. The highest BCUT2D eigenvalue weighted by atomic mass is 32.2. The summed E-state index contributed by atoms with van der Waals surface area (Å²) in [5.74, 6) is 0. The number of fused-ring (bicyclic) bond motifs is 1. The van der Waals surface area contributed by atoms with E-state index in [1.165, 1.54) is 10.6 Å². The second-order valence-corrected chi connectivity index (χ2v) is 4.55. The third kappa shape index (κ3) is 1.37. The van der Waals surface area contributed by atoms with Crippen molar-refractivity contribution in [3.63, 3.8) is 0 Å². The van der Waals surface area contributed by atoms with Gasteiger partial charge in [0.25, 0.3) is 0 Å². The fourth-order valence-electron chi connectivity index (χ4n) is 1.29. The van der Waals surface area contributed by atoms with E-state index in [4.69, 9.17) is 5.73 Å². The number of nitrogens with one attached hydrogen (secondary N) is 1. The topological polar surface area (TPSA) is 38.0 Å². The quantitative estimate of drug-likeness (QED) is 0.601. The Morgan fingerprint density at radius 2 is 2.42 bits per heavy atom. The minimum absolute atomic E-state index is 0.638. The Hall–Kier alpha value is -0.830. The van der Waals surface area contributed by atoms with Crippen molar-refractivity contribution in [1.29, 1.82) is 0 Å². The Morgan fingerprint density at radius 1 is 1.58 bits per heavy atom. The highest BCUT2D eigenvalue weighted by Gasteiger charge is 2.14. The fourth-order valence-corrected chi connectivity index (χ4v) is 2.37. The normalized spacial score (nSPS) is 21.2. The van der Waals surface area contributed by atoms with Crippen LogP contribution < -0.4 is 11.1 Å². The van der Waals surface area contributed by atoms with Gasteiger partial charge in [-0.2, -0.15) is 0 Å². The van der Waals surface area contributed by atoms with Gasteiger partial charge >= 0.3 is 0 Å². The lowest BCUT2D eigenvalue weighted by Gasteiger charge is -2.22. The fraction of sp³-hybridized carbons (Fsp3) is 0.333. The summed E-state index contributed by atoms with van der Waals surface area (Å²) >= 11 is 1.88. The molecule has 3 N–H and O–H groups in total. The highest BCUT2D eigenvalue weighted by molar-refractivity contribution is 8.00. The first-order valence-corrected chi connectivity index (χ1v) is 4.94. The molecule has 1 atom stereocenters. The summed E-state index contributed by atoms with van der Waals surface area (Å²) in [7, 11) is 0. The summed E-state index contributed by atoms with van der Waals surface area (Å²) in [6, 6.07) is 6.01. The lowest BCUT2D eigenvalue weighted by molar-refractivity contribution is 0.975. The number of hydrogen-bond donors (Lipinski definition) is 2. The molecule has 0 aliphatic carbocycles. The molecule has 1 aromatic rings. The van der Waals surface area contributed by atoms with Crippen molar-refractivity contribution < 1.29 is 0 Å². The molecule has 2 nitrogen and oxygen atoms in total. The summed E-state index contributed by atoms with van der Waals surface area (Å²) in [6.45, 7) is 3.26. The van der Waals surface area contributed by atoms with Gasteiger partial charge in [0.15, 0.2) is 0 Å². The maximum Gasteiger partial charge on any atom is 0.0480 e. The zero-order chi connectivity index (χ0) is 8.55. The van der Waals surface area contributed by atoms with Crippen LogP contribution in [0, 0.1) is 0 Å². The van der Waals surface area contributed by atoms with E-state index in [1.807, 2.05) is 30.0 Å². The first kappa shape index (κ1) is 7.80. The van der Waals surface area contributed by atoms with Crippen molar-refractivity contribution in [2.45, 2.75) is 17.1 Å². The van der Waals surface area contributed by atoms with E-state index in [2.05, 4.69) is 12.2 Å². The van der Waals surface area contributed by atoms with Gasteiger partial charge in [0, 0.05) is 28.1 Å². The van der Waals surface area contributed by atoms with Crippen LogP contribution in [0.3, 0.4) is 0 Å². The van der Waals surface area contributed by atoms with Crippen LogP contribution in [0.4, 0.5) is 11.4 Å². The van der Waals surface area contributed by atoms with E-state index in [0.29, 0.717) is 5.25 Å². The first-order chi connectivity index (χ1) is 5.75. The van der Waals surface area contributed by atoms with E-state index < -0.39 is 0 Å². The number of anilines is 2. The molecule has 3 heteroatoms. The van der Waals surface area contributed by atoms with E-state index in [0.717, 1.165) is 12.2 Å². The summed E-state index contributed by atoms with van der Waals surface area (Å²) in [6.07, 6.45) is 0. The van der Waals surface area contributed by atoms with Gasteiger partial charge in [-0.3, -0.25) is 0 Å². The number of thioether (sulfide) groups is 1. The van der Waals surface area contributed by atoms with Gasteiger partial charge in [0.1, 0.15) is 0 Å². The van der Waals surface area contributed by atoms with Crippen molar-refractivity contribution >= 4 is 23.1 Å². The minimum atomic E-state index is 0.638. The van der Waals surface area contributed by atoms with Gasteiger partial charge in [0.05, 0.1) is 0 Å². The molecular formula is C9H12N2S. The Morgan fingerprint density at radius 3 is 3.25 bits per heavy atom. The van der Waals surface area contributed by atoms with Crippen LogP contribution in [0.25, 0.3) is 0 Å². The molecule has 1 aliphatic heterocycles. The van der Waals surface area contributed by atoms with E-state index in [-0.39, 0.29) is 0 Å². The van der Waals surface area contributed by atoms with Crippen molar-refractivity contribution in [2.75, 3.05) is 17.6 Å². The maximum atomic E-state index is 5.69. The second kappa shape index (κ2) is 2.90. The summed E-state index contributed by atoms with van der Waals surface area (Å²) < 4.78 is 0. The SMILES string of the molecule is CC1CNc2ccc(N)cc2S1. The second-order valence-electron chi connectivity index (χ2n) is 3.06. The van der Waals surface area contributed by atoms with E-state index >= 15 is 0 Å². The molecule has 0 bridgehead atoms. The highest BCUT2D eigenvalue weighted by Crippen LogP contribution is 2.35. The summed E-state index contributed by atoms with van der Waals surface area (Å²) in [5, 5.41) is 4.00. The molecule has 2 rings (SSSR count). The van der Waals surface area contributed by atoms with Crippen LogP contribution >= 0.6 is 11.8 Å². The number of nitrogens with two attached hydrogens (primary N) is 1. The van der Waals surface area contributed by atoms with Crippen LogP contribution in [0.2, 0.25) is 0 Å². The van der Waals surface area contributed by atoms with Crippen LogP contribution in [-0.4, -0.2) is 11.8 Å². The van der Waals surface area contributed by atoms with Crippen molar-refractivity contribution in [3.8, 4) is 0 Å². The van der Waals surface area contributed by atoms with Crippen LogP contribution in [0.15, 0.2) is 23.1 Å². The van der Waals surface area contributed by atoms with Gasteiger partial charge in [-0.1, -0.05) is 6.92 Å². The van der Waals surface area contributed by atoms with Crippen LogP contribution in [0.5, 0.6) is 0 Å².